The fraction of sp³-hybridized carbons (Fsp3) is 0.200. The van der Waals surface area contributed by atoms with Gasteiger partial charge in [-0.2, -0.15) is 0 Å². The maximum atomic E-state index is 8.54. The van der Waals surface area contributed by atoms with Crippen molar-refractivity contribution in [2.24, 2.45) is 5.41 Å². The number of furan rings is 1. The van der Waals surface area contributed by atoms with Gasteiger partial charge in [0, 0.05) is 42.0 Å². The molecule has 0 bridgehead atoms. The van der Waals surface area contributed by atoms with Crippen LogP contribution in [-0.2, 0) is 26.5 Å². The molecule has 0 fully saturated rings. The Hall–Kier alpha value is -4.41. The Morgan fingerprint density at radius 2 is 1.56 bits per heavy atom. The molecule has 0 aliphatic heterocycles. The van der Waals surface area contributed by atoms with Gasteiger partial charge in [-0.05, 0) is 74.5 Å². The van der Waals surface area contributed by atoms with Gasteiger partial charge >= 0.3 is 0 Å². The summed E-state index contributed by atoms with van der Waals surface area (Å²) in [6.45, 7) is 10.7. The van der Waals surface area contributed by atoms with Crippen LogP contribution in [0.15, 0.2) is 120 Å². The molecule has 8 rings (SSSR count). The summed E-state index contributed by atoms with van der Waals surface area (Å²) < 4.78 is 39.0. The van der Waals surface area contributed by atoms with Crippen molar-refractivity contribution in [1.29, 1.82) is 0 Å². The molecule has 0 saturated heterocycles. The minimum atomic E-state index is -2.42. The summed E-state index contributed by atoms with van der Waals surface area (Å²) in [5.74, 6) is 0. The summed E-state index contributed by atoms with van der Waals surface area (Å²) in [6, 6.07) is 41.1. The minimum absolute atomic E-state index is 0. The smallest absolute Gasteiger partial charge is 0.121 e. The van der Waals surface area contributed by atoms with E-state index in [0.29, 0.717) is 28.8 Å². The zero-order valence-corrected chi connectivity index (χ0v) is 32.6. The molecule has 3 nitrogen and oxygen atoms in total. The largest absolute Gasteiger partial charge is 0.501 e. The van der Waals surface area contributed by atoms with Gasteiger partial charge in [0.15, 0.2) is 0 Å². The molecule has 0 N–H and O–H groups in total. The Labute approximate surface area is 315 Å². The van der Waals surface area contributed by atoms with E-state index >= 15 is 0 Å². The normalized spacial score (nSPS) is 13.2. The summed E-state index contributed by atoms with van der Waals surface area (Å²) in [5.41, 5.74) is 5.05. The van der Waals surface area contributed by atoms with Crippen molar-refractivity contribution < 1.29 is 30.0 Å². The Bertz CT molecular complexity index is 2610. The molecule has 0 atom stereocenters. The van der Waals surface area contributed by atoms with Crippen molar-refractivity contribution in [2.75, 3.05) is 0 Å². The summed E-state index contributed by atoms with van der Waals surface area (Å²) in [5, 5.41) is 7.92. The van der Waals surface area contributed by atoms with E-state index in [1.165, 1.54) is 16.0 Å². The van der Waals surface area contributed by atoms with Crippen LogP contribution < -0.4 is 5.19 Å². The molecule has 3 heterocycles. The van der Waals surface area contributed by atoms with E-state index in [9.17, 15) is 0 Å². The molecule has 5 heteroatoms. The van der Waals surface area contributed by atoms with Crippen LogP contribution in [0.1, 0.15) is 37.4 Å². The third-order valence-corrected chi connectivity index (χ3v) is 10.8. The predicted octanol–water partition coefficient (Wildman–Crippen LogP) is 11.7. The van der Waals surface area contributed by atoms with Gasteiger partial charge < -0.3 is 14.4 Å². The Kier molecular flexibility index (Phi) is 8.56. The molecule has 0 aliphatic rings. The fourth-order valence-electron chi connectivity index (χ4n) is 6.28. The van der Waals surface area contributed by atoms with Crippen molar-refractivity contribution in [2.45, 2.75) is 53.7 Å². The quantitative estimate of drug-likeness (QED) is 0.101. The number of nitrogens with zero attached hydrogens (tertiary/aromatic N) is 2. The van der Waals surface area contributed by atoms with E-state index in [2.05, 4.69) is 111 Å². The zero-order valence-electron chi connectivity index (χ0n) is 33.2. The third-order valence-electron chi connectivity index (χ3n) is 8.81. The number of hydrogen-bond acceptors (Lipinski definition) is 3. The van der Waals surface area contributed by atoms with Crippen LogP contribution >= 0.6 is 0 Å². The van der Waals surface area contributed by atoms with E-state index in [1.54, 1.807) is 6.07 Å². The van der Waals surface area contributed by atoms with E-state index in [0.717, 1.165) is 38.4 Å². The van der Waals surface area contributed by atoms with Crippen molar-refractivity contribution in [3.63, 3.8) is 0 Å². The first-order valence-corrected chi connectivity index (χ1v) is 20.2. The van der Waals surface area contributed by atoms with Gasteiger partial charge in [-0.15, -0.1) is 54.1 Å². The maximum Gasteiger partial charge on any atom is 0.121 e. The standard InChI is InChI=1S/C31H26NO.C14H16NSi.Ir/c1-19-18-32-28(15-22(19)17-31(2,3)4)25-11-7-10-24-27-14-21-13-12-20-8-5-6-9-23(20)26(21)16-29(27)33-30(24)25;1-16(2,3)13-9-10-14(15-11-13)12-7-5-4-6-8-12;/h5-10,12-16,18H,17H2,1-4H3;4-7,9-11H,1-3H3;/q2*-1;/i1D3,18D;;. The van der Waals surface area contributed by atoms with Gasteiger partial charge in [-0.25, -0.2) is 0 Å². The Morgan fingerprint density at radius 1 is 0.760 bits per heavy atom. The minimum Gasteiger partial charge on any atom is -0.501 e. The Morgan fingerprint density at radius 3 is 2.28 bits per heavy atom. The molecule has 0 amide bonds. The Balaban J connectivity index is 0.000000246. The molecule has 50 heavy (non-hydrogen) atoms. The second kappa shape index (κ2) is 14.1. The molecule has 8 aromatic rings. The van der Waals surface area contributed by atoms with Crippen LogP contribution in [-0.4, -0.2) is 18.0 Å². The van der Waals surface area contributed by atoms with E-state index in [-0.39, 0.29) is 37.3 Å². The number of fused-ring (bicyclic) bond motifs is 6. The second-order valence-corrected chi connectivity index (χ2v) is 20.0. The molecular weight excluding hydrogens is 805 g/mol. The molecular formula is C45H42IrN2OSi-2. The van der Waals surface area contributed by atoms with Crippen LogP contribution in [0.2, 0.25) is 19.6 Å². The summed E-state index contributed by atoms with van der Waals surface area (Å²) in [7, 11) is -1.23. The van der Waals surface area contributed by atoms with Gasteiger partial charge in [-0.1, -0.05) is 112 Å². The van der Waals surface area contributed by atoms with Crippen molar-refractivity contribution in [1.82, 2.24) is 9.97 Å². The average Bonchev–Trinajstić information content (AvgIpc) is 3.47. The van der Waals surface area contributed by atoms with Crippen LogP contribution in [0.5, 0.6) is 0 Å². The van der Waals surface area contributed by atoms with Crippen LogP contribution in [0.3, 0.4) is 0 Å². The van der Waals surface area contributed by atoms with Crippen molar-refractivity contribution in [3.05, 3.63) is 139 Å². The molecule has 0 spiro atoms. The predicted molar refractivity (Wildman–Crippen MR) is 210 cm³/mol. The summed E-state index contributed by atoms with van der Waals surface area (Å²) in [6.07, 6.45) is 2.30. The summed E-state index contributed by atoms with van der Waals surface area (Å²) in [4.78, 5) is 8.95. The molecule has 253 valence electrons. The van der Waals surface area contributed by atoms with Crippen molar-refractivity contribution in [3.8, 4) is 22.5 Å². The van der Waals surface area contributed by atoms with Gasteiger partial charge in [0.25, 0.3) is 0 Å². The average molecular weight is 851 g/mol. The molecule has 0 saturated carbocycles. The number of benzene rings is 5. The van der Waals surface area contributed by atoms with Crippen LogP contribution in [0, 0.1) is 24.4 Å². The molecule has 1 radical (unpaired) electrons. The number of pyridine rings is 2. The van der Waals surface area contributed by atoms with Gasteiger partial charge in [0.2, 0.25) is 0 Å². The SMILES string of the molecule is C[Si](C)(C)c1ccc(-c2[c-]cccc2)nc1.[2H]c1nc(-c2[c-]ccc3c2oc2cc4c(ccc5ccccc54)cc23)cc(CC(C)(C)C)c1C([2H])([2H])[2H].[Ir]. The first kappa shape index (κ1) is 30.4. The van der Waals surface area contributed by atoms with Crippen LogP contribution in [0.25, 0.3) is 66.0 Å². The molecule has 3 aromatic heterocycles. The number of rotatable bonds is 4. The fourth-order valence-corrected chi connectivity index (χ4v) is 7.31. The van der Waals surface area contributed by atoms with E-state index in [1.807, 2.05) is 54.7 Å². The first-order chi connectivity index (χ1) is 25.1. The topological polar surface area (TPSA) is 38.9 Å². The van der Waals surface area contributed by atoms with Crippen LogP contribution in [0.4, 0.5) is 0 Å². The van der Waals surface area contributed by atoms with E-state index < -0.39 is 14.9 Å². The van der Waals surface area contributed by atoms with E-state index in [4.69, 9.17) is 9.90 Å². The third kappa shape index (κ3) is 7.37. The van der Waals surface area contributed by atoms with Gasteiger partial charge in [0.05, 0.1) is 15.0 Å². The second-order valence-electron chi connectivity index (χ2n) is 14.9. The zero-order chi connectivity index (χ0) is 37.7. The molecule has 0 unspecified atom stereocenters. The molecule has 0 aliphatic carbocycles. The first-order valence-electron chi connectivity index (χ1n) is 18.7. The monoisotopic (exact) mass is 851 g/mol. The number of hydrogen-bond donors (Lipinski definition) is 0. The van der Waals surface area contributed by atoms with Crippen molar-refractivity contribution >= 4 is 56.7 Å². The summed E-state index contributed by atoms with van der Waals surface area (Å²) >= 11 is 0. The van der Waals surface area contributed by atoms with Gasteiger partial charge in [-0.3, -0.25) is 0 Å². The number of aromatic nitrogens is 2. The van der Waals surface area contributed by atoms with Gasteiger partial charge in [0.1, 0.15) is 5.58 Å². The molecule has 5 aromatic carbocycles. The maximum absolute atomic E-state index is 8.54.